The lowest BCUT2D eigenvalue weighted by Gasteiger charge is -2.08. The number of aromatic nitrogens is 2. The number of anilines is 1. The van der Waals surface area contributed by atoms with Crippen LogP contribution in [0.2, 0.25) is 0 Å². The highest BCUT2D eigenvalue weighted by atomic mass is 32.2. The minimum atomic E-state index is -3.79. The maximum atomic E-state index is 12.4. The van der Waals surface area contributed by atoms with Gasteiger partial charge in [0.25, 0.3) is 5.91 Å². The van der Waals surface area contributed by atoms with Gasteiger partial charge in [-0.1, -0.05) is 0 Å². The Morgan fingerprint density at radius 1 is 1.07 bits per heavy atom. The number of benzene rings is 2. The first kappa shape index (κ1) is 19.4. The Kier molecular flexibility index (Phi) is 5.34. The van der Waals surface area contributed by atoms with Crippen LogP contribution in [-0.4, -0.2) is 38.7 Å². The minimum Gasteiger partial charge on any atom is -0.497 e. The van der Waals surface area contributed by atoms with E-state index in [9.17, 15) is 13.2 Å². The van der Waals surface area contributed by atoms with Crippen LogP contribution in [0.1, 0.15) is 10.5 Å². The molecular weight excluding hydrogens is 384 g/mol. The lowest BCUT2D eigenvalue weighted by Crippen LogP contribution is -2.14. The van der Waals surface area contributed by atoms with Gasteiger partial charge in [-0.25, -0.2) is 13.6 Å². The molecule has 0 atom stereocenters. The average Bonchev–Trinajstić information content (AvgIpc) is 3.17. The van der Waals surface area contributed by atoms with E-state index in [0.29, 0.717) is 28.4 Å². The van der Waals surface area contributed by atoms with E-state index in [1.54, 1.807) is 31.4 Å². The summed E-state index contributed by atoms with van der Waals surface area (Å²) in [5, 5.41) is 14.5. The van der Waals surface area contributed by atoms with Gasteiger partial charge in [0.1, 0.15) is 17.2 Å². The van der Waals surface area contributed by atoms with Crippen molar-refractivity contribution in [1.29, 1.82) is 0 Å². The van der Waals surface area contributed by atoms with Gasteiger partial charge < -0.3 is 14.8 Å². The summed E-state index contributed by atoms with van der Waals surface area (Å²) in [6.45, 7) is 0. The zero-order chi connectivity index (χ0) is 20.3. The summed E-state index contributed by atoms with van der Waals surface area (Å²) < 4.78 is 33.1. The third kappa shape index (κ3) is 4.13. The van der Waals surface area contributed by atoms with Crippen molar-refractivity contribution >= 4 is 21.6 Å². The summed E-state index contributed by atoms with van der Waals surface area (Å²) >= 11 is 0. The lowest BCUT2D eigenvalue weighted by atomic mass is 10.1. The third-order valence-corrected chi connectivity index (χ3v) is 4.88. The lowest BCUT2D eigenvalue weighted by molar-refractivity contribution is 0.102. The molecule has 3 rings (SSSR count). The zero-order valence-electron chi connectivity index (χ0n) is 15.1. The van der Waals surface area contributed by atoms with Crippen LogP contribution in [0.3, 0.4) is 0 Å². The molecule has 0 aliphatic carbocycles. The van der Waals surface area contributed by atoms with Gasteiger partial charge >= 0.3 is 0 Å². The highest BCUT2D eigenvalue weighted by molar-refractivity contribution is 7.89. The number of primary sulfonamides is 1. The van der Waals surface area contributed by atoms with Gasteiger partial charge in [0, 0.05) is 17.3 Å². The van der Waals surface area contributed by atoms with Crippen LogP contribution in [0.15, 0.2) is 53.4 Å². The van der Waals surface area contributed by atoms with Crippen molar-refractivity contribution in [3.8, 4) is 22.8 Å². The smallest absolute Gasteiger partial charge is 0.273 e. The van der Waals surface area contributed by atoms with Crippen molar-refractivity contribution in [2.45, 2.75) is 4.90 Å². The van der Waals surface area contributed by atoms with E-state index in [1.807, 2.05) is 0 Å². The molecule has 0 unspecified atom stereocenters. The number of aromatic amines is 1. The summed E-state index contributed by atoms with van der Waals surface area (Å²) in [6, 6.07) is 12.4. The number of hydrogen-bond acceptors (Lipinski definition) is 6. The van der Waals surface area contributed by atoms with Crippen molar-refractivity contribution in [3.63, 3.8) is 0 Å². The fraction of sp³-hybridized carbons (Fsp3) is 0.111. The first-order valence-corrected chi connectivity index (χ1v) is 9.58. The molecule has 1 amide bonds. The second-order valence-electron chi connectivity index (χ2n) is 5.76. The van der Waals surface area contributed by atoms with E-state index in [-0.39, 0.29) is 10.6 Å². The number of H-pyrrole nitrogens is 1. The van der Waals surface area contributed by atoms with Gasteiger partial charge in [-0.15, -0.1) is 0 Å². The maximum Gasteiger partial charge on any atom is 0.273 e. The number of rotatable bonds is 6. The predicted molar refractivity (Wildman–Crippen MR) is 103 cm³/mol. The SMILES string of the molecule is COc1ccc(-c2cc(C(=O)Nc3ccc(S(N)(=O)=O)cc3)[nH]n2)c(OC)c1. The van der Waals surface area contributed by atoms with Crippen LogP contribution in [0.25, 0.3) is 11.3 Å². The molecule has 1 aromatic heterocycles. The largest absolute Gasteiger partial charge is 0.497 e. The molecule has 0 aliphatic rings. The molecule has 0 saturated carbocycles. The molecule has 0 radical (unpaired) electrons. The van der Waals surface area contributed by atoms with Crippen LogP contribution in [0, 0.1) is 0 Å². The Balaban J connectivity index is 1.79. The van der Waals surface area contributed by atoms with Gasteiger partial charge in [-0.05, 0) is 42.5 Å². The number of amides is 1. The molecule has 10 heteroatoms. The number of hydrogen-bond donors (Lipinski definition) is 3. The molecule has 4 N–H and O–H groups in total. The number of methoxy groups -OCH3 is 2. The number of ether oxygens (including phenoxy) is 2. The normalized spacial score (nSPS) is 11.1. The molecule has 3 aromatic rings. The van der Waals surface area contributed by atoms with Gasteiger partial charge in [0.15, 0.2) is 0 Å². The van der Waals surface area contributed by atoms with Crippen molar-refractivity contribution in [1.82, 2.24) is 10.2 Å². The van der Waals surface area contributed by atoms with Crippen LogP contribution in [0.4, 0.5) is 5.69 Å². The standard InChI is InChI=1S/C18H18N4O5S/c1-26-12-5-8-14(17(9-12)27-2)15-10-16(22-21-15)18(23)20-11-3-6-13(7-4-11)28(19,24)25/h3-10H,1-2H3,(H,20,23)(H,21,22)(H2,19,24,25). The number of nitrogens with zero attached hydrogens (tertiary/aromatic N) is 1. The van der Waals surface area contributed by atoms with Gasteiger partial charge in [-0.2, -0.15) is 5.10 Å². The number of nitrogens with one attached hydrogen (secondary N) is 2. The van der Waals surface area contributed by atoms with Crippen molar-refractivity contribution in [2.24, 2.45) is 5.14 Å². The fourth-order valence-corrected chi connectivity index (χ4v) is 3.03. The second-order valence-corrected chi connectivity index (χ2v) is 7.32. The predicted octanol–water partition coefficient (Wildman–Crippen LogP) is 1.99. The molecular formula is C18H18N4O5S. The fourth-order valence-electron chi connectivity index (χ4n) is 2.51. The third-order valence-electron chi connectivity index (χ3n) is 3.95. The Morgan fingerprint density at radius 3 is 2.39 bits per heavy atom. The molecule has 0 saturated heterocycles. The molecule has 1 heterocycles. The molecule has 28 heavy (non-hydrogen) atoms. The van der Waals surface area contributed by atoms with E-state index in [1.165, 1.54) is 31.4 Å². The average molecular weight is 402 g/mol. The van der Waals surface area contributed by atoms with Crippen LogP contribution >= 0.6 is 0 Å². The molecule has 0 bridgehead atoms. The molecule has 146 valence electrons. The van der Waals surface area contributed by atoms with Crippen LogP contribution in [0.5, 0.6) is 11.5 Å². The summed E-state index contributed by atoms with van der Waals surface area (Å²) in [5.74, 6) is 0.753. The van der Waals surface area contributed by atoms with Crippen LogP contribution in [-0.2, 0) is 10.0 Å². The molecule has 0 spiro atoms. The number of carbonyl (C=O) groups excluding carboxylic acids is 1. The Labute approximate surface area is 161 Å². The summed E-state index contributed by atoms with van der Waals surface area (Å²) in [7, 11) is -0.701. The van der Waals surface area contributed by atoms with Crippen molar-refractivity contribution < 1.29 is 22.7 Å². The minimum absolute atomic E-state index is 0.0408. The topological polar surface area (TPSA) is 136 Å². The molecule has 0 aliphatic heterocycles. The second kappa shape index (κ2) is 7.71. The Bertz CT molecular complexity index is 1110. The van der Waals surface area contributed by atoms with Crippen LogP contribution < -0.4 is 19.9 Å². The maximum absolute atomic E-state index is 12.4. The quantitative estimate of drug-likeness (QED) is 0.577. The number of sulfonamides is 1. The highest BCUT2D eigenvalue weighted by Gasteiger charge is 2.15. The monoisotopic (exact) mass is 402 g/mol. The number of carbonyl (C=O) groups is 1. The van der Waals surface area contributed by atoms with E-state index in [4.69, 9.17) is 14.6 Å². The zero-order valence-corrected chi connectivity index (χ0v) is 15.9. The number of nitrogens with two attached hydrogens (primary N) is 1. The first-order chi connectivity index (χ1) is 13.3. The van der Waals surface area contributed by atoms with Crippen molar-refractivity contribution in [2.75, 3.05) is 19.5 Å². The molecule has 9 nitrogen and oxygen atoms in total. The van der Waals surface area contributed by atoms with E-state index in [2.05, 4.69) is 15.5 Å². The summed E-state index contributed by atoms with van der Waals surface area (Å²) in [6.07, 6.45) is 0. The molecule has 0 fully saturated rings. The van der Waals surface area contributed by atoms with Gasteiger partial charge in [0.2, 0.25) is 10.0 Å². The Hall–Kier alpha value is -3.37. The first-order valence-electron chi connectivity index (χ1n) is 8.04. The van der Waals surface area contributed by atoms with Crippen molar-refractivity contribution in [3.05, 3.63) is 54.2 Å². The van der Waals surface area contributed by atoms with E-state index >= 15 is 0 Å². The van der Waals surface area contributed by atoms with E-state index < -0.39 is 15.9 Å². The summed E-state index contributed by atoms with van der Waals surface area (Å²) in [5.41, 5.74) is 1.85. The van der Waals surface area contributed by atoms with Gasteiger partial charge in [-0.3, -0.25) is 9.89 Å². The summed E-state index contributed by atoms with van der Waals surface area (Å²) in [4.78, 5) is 12.4. The Morgan fingerprint density at radius 2 is 1.79 bits per heavy atom. The van der Waals surface area contributed by atoms with E-state index in [0.717, 1.165) is 0 Å². The highest BCUT2D eigenvalue weighted by Crippen LogP contribution is 2.32. The molecule has 2 aromatic carbocycles. The van der Waals surface area contributed by atoms with Gasteiger partial charge in [0.05, 0.1) is 24.8 Å².